The van der Waals surface area contributed by atoms with Gasteiger partial charge < -0.3 is 14.6 Å². The zero-order valence-electron chi connectivity index (χ0n) is 11.5. The quantitative estimate of drug-likeness (QED) is 0.826. The first-order chi connectivity index (χ1) is 9.20. The molecular formula is C13H21N3O3. The molecule has 1 aliphatic rings. The van der Waals surface area contributed by atoms with Gasteiger partial charge in [-0.1, -0.05) is 5.16 Å². The SMILES string of the molecule is COCCN1CCC[C@H]1CNC(=O)c1cc(C)no1. The fourth-order valence-electron chi connectivity index (χ4n) is 2.40. The van der Waals surface area contributed by atoms with Crippen LogP contribution >= 0.6 is 0 Å². The predicted molar refractivity (Wildman–Crippen MR) is 70.0 cm³/mol. The van der Waals surface area contributed by atoms with Gasteiger partial charge in [0, 0.05) is 32.3 Å². The van der Waals surface area contributed by atoms with Crippen molar-refractivity contribution in [2.24, 2.45) is 0 Å². The molecule has 2 rings (SSSR count). The van der Waals surface area contributed by atoms with Gasteiger partial charge in [-0.05, 0) is 26.3 Å². The van der Waals surface area contributed by atoms with Gasteiger partial charge in [0.25, 0.3) is 5.91 Å². The van der Waals surface area contributed by atoms with Crippen molar-refractivity contribution < 1.29 is 14.1 Å². The van der Waals surface area contributed by atoms with E-state index in [-0.39, 0.29) is 11.7 Å². The minimum absolute atomic E-state index is 0.195. The van der Waals surface area contributed by atoms with Crippen molar-refractivity contribution >= 4 is 5.91 Å². The van der Waals surface area contributed by atoms with E-state index in [4.69, 9.17) is 9.26 Å². The molecule has 1 saturated heterocycles. The van der Waals surface area contributed by atoms with Crippen molar-refractivity contribution in [3.8, 4) is 0 Å². The van der Waals surface area contributed by atoms with Crippen LogP contribution in [0.3, 0.4) is 0 Å². The Morgan fingerprint density at radius 3 is 3.21 bits per heavy atom. The Bertz CT molecular complexity index is 419. The van der Waals surface area contributed by atoms with E-state index in [1.165, 1.54) is 6.42 Å². The van der Waals surface area contributed by atoms with E-state index < -0.39 is 0 Å². The highest BCUT2D eigenvalue weighted by molar-refractivity contribution is 5.91. The third-order valence-electron chi connectivity index (χ3n) is 3.43. The summed E-state index contributed by atoms with van der Waals surface area (Å²) in [6.45, 7) is 5.15. The number of amides is 1. The lowest BCUT2D eigenvalue weighted by Crippen LogP contribution is -2.41. The minimum atomic E-state index is -0.195. The van der Waals surface area contributed by atoms with Gasteiger partial charge in [-0.3, -0.25) is 9.69 Å². The minimum Gasteiger partial charge on any atom is -0.383 e. The molecule has 0 spiro atoms. The topological polar surface area (TPSA) is 67.6 Å². The maximum Gasteiger partial charge on any atom is 0.289 e. The number of ether oxygens (including phenoxy) is 1. The number of hydrogen-bond acceptors (Lipinski definition) is 5. The van der Waals surface area contributed by atoms with E-state index in [9.17, 15) is 4.79 Å². The van der Waals surface area contributed by atoms with Gasteiger partial charge in [0.1, 0.15) is 0 Å². The summed E-state index contributed by atoms with van der Waals surface area (Å²) < 4.78 is 10.0. The molecule has 0 aliphatic carbocycles. The van der Waals surface area contributed by atoms with Crippen LogP contribution in [0.2, 0.25) is 0 Å². The fourth-order valence-corrected chi connectivity index (χ4v) is 2.40. The molecule has 0 bridgehead atoms. The van der Waals surface area contributed by atoms with Crippen LogP contribution in [0.4, 0.5) is 0 Å². The lowest BCUT2D eigenvalue weighted by atomic mass is 10.2. The summed E-state index contributed by atoms with van der Waals surface area (Å²) in [5, 5.41) is 6.62. The van der Waals surface area contributed by atoms with Crippen LogP contribution in [0.25, 0.3) is 0 Å². The van der Waals surface area contributed by atoms with Gasteiger partial charge in [0.2, 0.25) is 5.76 Å². The summed E-state index contributed by atoms with van der Waals surface area (Å²) >= 11 is 0. The number of carbonyl (C=O) groups excluding carboxylic acids is 1. The van der Waals surface area contributed by atoms with Crippen LogP contribution in [0.1, 0.15) is 29.1 Å². The molecule has 1 aliphatic heterocycles. The summed E-state index contributed by atoms with van der Waals surface area (Å²) in [5.41, 5.74) is 0.715. The molecular weight excluding hydrogens is 246 g/mol. The Morgan fingerprint density at radius 2 is 2.53 bits per heavy atom. The van der Waals surface area contributed by atoms with Gasteiger partial charge in [-0.25, -0.2) is 0 Å². The third-order valence-corrected chi connectivity index (χ3v) is 3.43. The zero-order valence-corrected chi connectivity index (χ0v) is 11.5. The average Bonchev–Trinajstić information content (AvgIpc) is 3.02. The van der Waals surface area contributed by atoms with Gasteiger partial charge >= 0.3 is 0 Å². The summed E-state index contributed by atoms with van der Waals surface area (Å²) in [4.78, 5) is 14.2. The number of nitrogens with zero attached hydrogens (tertiary/aromatic N) is 2. The third kappa shape index (κ3) is 3.78. The maximum absolute atomic E-state index is 11.8. The van der Waals surface area contributed by atoms with Crippen LogP contribution in [-0.2, 0) is 4.74 Å². The first kappa shape index (κ1) is 14.0. The summed E-state index contributed by atoms with van der Waals surface area (Å²) in [6, 6.07) is 2.04. The van der Waals surface area contributed by atoms with E-state index in [1.807, 2.05) is 0 Å². The number of methoxy groups -OCH3 is 1. The van der Waals surface area contributed by atoms with Crippen molar-refractivity contribution in [2.75, 3.05) is 33.4 Å². The van der Waals surface area contributed by atoms with E-state index in [1.54, 1.807) is 20.1 Å². The molecule has 19 heavy (non-hydrogen) atoms. The Morgan fingerprint density at radius 1 is 1.68 bits per heavy atom. The number of carbonyl (C=O) groups is 1. The Balaban J connectivity index is 1.79. The number of rotatable bonds is 6. The number of likely N-dealkylation sites (tertiary alicyclic amines) is 1. The monoisotopic (exact) mass is 267 g/mol. The van der Waals surface area contributed by atoms with Gasteiger partial charge in [-0.15, -0.1) is 0 Å². The van der Waals surface area contributed by atoms with Crippen molar-refractivity contribution in [1.82, 2.24) is 15.4 Å². The first-order valence-electron chi connectivity index (χ1n) is 6.65. The number of aryl methyl sites for hydroxylation is 1. The molecule has 6 nitrogen and oxygen atoms in total. The van der Waals surface area contributed by atoms with Crippen LogP contribution in [-0.4, -0.2) is 55.4 Å². The zero-order chi connectivity index (χ0) is 13.7. The largest absolute Gasteiger partial charge is 0.383 e. The van der Waals surface area contributed by atoms with Crippen LogP contribution < -0.4 is 5.32 Å². The van der Waals surface area contributed by atoms with Crippen molar-refractivity contribution in [3.63, 3.8) is 0 Å². The van der Waals surface area contributed by atoms with E-state index in [2.05, 4.69) is 15.4 Å². The van der Waals surface area contributed by atoms with E-state index in [0.717, 1.165) is 26.1 Å². The Labute approximate surface area is 113 Å². The lowest BCUT2D eigenvalue weighted by molar-refractivity contribution is 0.0896. The standard InChI is InChI=1S/C13H21N3O3/c1-10-8-12(19-15-10)13(17)14-9-11-4-3-5-16(11)6-7-18-2/h8,11H,3-7,9H2,1-2H3,(H,14,17)/t11-/m0/s1. The smallest absolute Gasteiger partial charge is 0.289 e. The molecule has 0 saturated carbocycles. The molecule has 1 N–H and O–H groups in total. The highest BCUT2D eigenvalue weighted by atomic mass is 16.5. The second-order valence-corrected chi connectivity index (χ2v) is 4.87. The summed E-state index contributed by atoms with van der Waals surface area (Å²) in [7, 11) is 1.71. The molecule has 1 amide bonds. The molecule has 106 valence electrons. The molecule has 1 atom stereocenters. The molecule has 1 aromatic rings. The van der Waals surface area contributed by atoms with Crippen LogP contribution in [0, 0.1) is 6.92 Å². The van der Waals surface area contributed by atoms with Gasteiger partial charge in [0.05, 0.1) is 12.3 Å². The number of aromatic nitrogens is 1. The Kier molecular flexibility index (Phi) is 4.93. The fraction of sp³-hybridized carbons (Fsp3) is 0.692. The van der Waals surface area contributed by atoms with Crippen LogP contribution in [0.15, 0.2) is 10.6 Å². The molecule has 0 aromatic carbocycles. The number of nitrogens with one attached hydrogen (secondary N) is 1. The average molecular weight is 267 g/mol. The second kappa shape index (κ2) is 6.68. The van der Waals surface area contributed by atoms with Crippen LogP contribution in [0.5, 0.6) is 0 Å². The molecule has 6 heteroatoms. The maximum atomic E-state index is 11.8. The van der Waals surface area contributed by atoms with Crippen molar-refractivity contribution in [1.29, 1.82) is 0 Å². The Hall–Kier alpha value is -1.40. The number of hydrogen-bond donors (Lipinski definition) is 1. The van der Waals surface area contributed by atoms with Crippen molar-refractivity contribution in [2.45, 2.75) is 25.8 Å². The van der Waals surface area contributed by atoms with Gasteiger partial charge in [-0.2, -0.15) is 0 Å². The summed E-state index contributed by atoms with van der Waals surface area (Å²) in [5.74, 6) is 0.0816. The molecule has 0 unspecified atom stereocenters. The van der Waals surface area contributed by atoms with E-state index in [0.29, 0.717) is 18.3 Å². The van der Waals surface area contributed by atoms with Gasteiger partial charge in [0.15, 0.2) is 0 Å². The predicted octanol–water partition coefficient (Wildman–Crippen LogP) is 0.824. The van der Waals surface area contributed by atoms with E-state index >= 15 is 0 Å². The molecule has 1 fully saturated rings. The lowest BCUT2D eigenvalue weighted by Gasteiger charge is -2.23. The molecule has 0 radical (unpaired) electrons. The summed E-state index contributed by atoms with van der Waals surface area (Å²) in [6.07, 6.45) is 2.28. The first-order valence-corrected chi connectivity index (χ1v) is 6.65. The highest BCUT2D eigenvalue weighted by Crippen LogP contribution is 2.16. The van der Waals surface area contributed by atoms with Crippen molar-refractivity contribution in [3.05, 3.63) is 17.5 Å². The molecule has 1 aromatic heterocycles. The second-order valence-electron chi connectivity index (χ2n) is 4.87. The normalized spacial score (nSPS) is 19.8. The molecule has 2 heterocycles. The highest BCUT2D eigenvalue weighted by Gasteiger charge is 2.24.